The minimum absolute atomic E-state index is 0.0179. The van der Waals surface area contributed by atoms with E-state index < -0.39 is 11.7 Å². The Hall–Kier alpha value is -2.61. The van der Waals surface area contributed by atoms with Crippen LogP contribution in [0.25, 0.3) is 5.69 Å². The third-order valence-electron chi connectivity index (χ3n) is 5.60. The number of carbonyl (C=O) groups excluding carboxylic acids is 1. The number of aliphatic imine (C=N–C) groups is 1. The average Bonchev–Trinajstić information content (AvgIpc) is 3.20. The Morgan fingerprint density at radius 1 is 1.37 bits per heavy atom. The standard InChI is InChI=1S/C21H27ClN6O2/c1-20(2,3)30-19(29)27(5)11-13-12-28(26-25-13)17-10-16-14(9-15(17)22)21(7-6-8-21)18(23-4)24-16/h9-10,12H,6-8,11H2,1-5H3,(H,23,24). The number of hydrogen-bond acceptors (Lipinski definition) is 6. The second kappa shape index (κ2) is 7.27. The Balaban J connectivity index is 1.56. The number of amides is 1. The van der Waals surface area contributed by atoms with E-state index in [0.717, 1.165) is 24.4 Å². The van der Waals surface area contributed by atoms with E-state index in [0.29, 0.717) is 16.4 Å². The molecule has 9 heteroatoms. The van der Waals surface area contributed by atoms with E-state index in [4.69, 9.17) is 21.3 Å². The molecule has 2 aromatic rings. The monoisotopic (exact) mass is 430 g/mol. The molecule has 1 amide bonds. The van der Waals surface area contributed by atoms with Gasteiger partial charge >= 0.3 is 6.09 Å². The van der Waals surface area contributed by atoms with Crippen LogP contribution in [0.5, 0.6) is 0 Å². The van der Waals surface area contributed by atoms with Crippen LogP contribution in [0.3, 0.4) is 0 Å². The van der Waals surface area contributed by atoms with Gasteiger partial charge in [0, 0.05) is 14.1 Å². The van der Waals surface area contributed by atoms with Gasteiger partial charge in [-0.2, -0.15) is 0 Å². The minimum atomic E-state index is -0.550. The number of fused-ring (bicyclic) bond motifs is 2. The lowest BCUT2D eigenvalue weighted by Crippen LogP contribution is -2.45. The number of amidine groups is 1. The summed E-state index contributed by atoms with van der Waals surface area (Å²) in [6.45, 7) is 5.78. The van der Waals surface area contributed by atoms with Crippen molar-refractivity contribution >= 4 is 29.2 Å². The number of hydrogen-bond donors (Lipinski definition) is 1. The summed E-state index contributed by atoms with van der Waals surface area (Å²) >= 11 is 6.64. The van der Waals surface area contributed by atoms with Crippen molar-refractivity contribution in [3.63, 3.8) is 0 Å². The SMILES string of the molecule is CNC1=Nc2cc(-n3cc(CN(C)C(=O)OC(C)(C)C)nn3)c(Cl)cc2C12CCC2. The van der Waals surface area contributed by atoms with Crippen molar-refractivity contribution in [1.29, 1.82) is 0 Å². The molecular weight excluding hydrogens is 404 g/mol. The largest absolute Gasteiger partial charge is 0.444 e. The van der Waals surface area contributed by atoms with Crippen LogP contribution in [0.15, 0.2) is 23.3 Å². The Bertz CT molecular complexity index is 1020. The van der Waals surface area contributed by atoms with Gasteiger partial charge in [-0.1, -0.05) is 23.2 Å². The molecule has 160 valence electrons. The van der Waals surface area contributed by atoms with Crippen LogP contribution in [0.2, 0.25) is 5.02 Å². The molecule has 30 heavy (non-hydrogen) atoms. The van der Waals surface area contributed by atoms with Crippen molar-refractivity contribution in [2.45, 2.75) is 57.6 Å². The number of rotatable bonds is 3. The van der Waals surface area contributed by atoms with E-state index in [1.54, 1.807) is 17.9 Å². The zero-order chi connectivity index (χ0) is 21.7. The lowest BCUT2D eigenvalue weighted by Gasteiger charge is -2.40. The molecule has 1 aromatic heterocycles. The van der Waals surface area contributed by atoms with Gasteiger partial charge in [0.05, 0.1) is 34.6 Å². The summed E-state index contributed by atoms with van der Waals surface area (Å²) < 4.78 is 7.01. The van der Waals surface area contributed by atoms with Gasteiger partial charge in [0.1, 0.15) is 17.1 Å². The molecule has 1 saturated carbocycles. The van der Waals surface area contributed by atoms with Crippen molar-refractivity contribution in [2.24, 2.45) is 4.99 Å². The number of halogens is 1. The number of likely N-dealkylation sites (N-methyl/N-ethyl adjacent to an activating group) is 1. The molecule has 1 aromatic carbocycles. The predicted molar refractivity (Wildman–Crippen MR) is 116 cm³/mol. The van der Waals surface area contributed by atoms with Crippen molar-refractivity contribution < 1.29 is 9.53 Å². The highest BCUT2D eigenvalue weighted by Gasteiger charge is 2.48. The summed E-state index contributed by atoms with van der Waals surface area (Å²) in [7, 11) is 3.58. The van der Waals surface area contributed by atoms with Crippen molar-refractivity contribution in [2.75, 3.05) is 14.1 Å². The van der Waals surface area contributed by atoms with Gasteiger partial charge in [-0.25, -0.2) is 14.5 Å². The van der Waals surface area contributed by atoms with Crippen molar-refractivity contribution in [3.8, 4) is 5.69 Å². The predicted octanol–water partition coefficient (Wildman–Crippen LogP) is 3.97. The molecule has 2 heterocycles. The highest BCUT2D eigenvalue weighted by molar-refractivity contribution is 6.32. The van der Waals surface area contributed by atoms with Gasteiger partial charge in [-0.3, -0.25) is 0 Å². The highest BCUT2D eigenvalue weighted by Crippen LogP contribution is 2.53. The van der Waals surface area contributed by atoms with Crippen LogP contribution in [0.4, 0.5) is 10.5 Å². The molecule has 1 spiro atoms. The van der Waals surface area contributed by atoms with Crippen LogP contribution >= 0.6 is 11.6 Å². The first-order valence-corrected chi connectivity index (χ1v) is 10.5. The van der Waals surface area contributed by atoms with E-state index in [9.17, 15) is 4.79 Å². The van der Waals surface area contributed by atoms with Crippen LogP contribution in [-0.4, -0.2) is 51.5 Å². The molecule has 0 unspecified atom stereocenters. The molecular formula is C21H27ClN6O2. The highest BCUT2D eigenvalue weighted by atomic mass is 35.5. The number of benzene rings is 1. The van der Waals surface area contributed by atoms with Crippen molar-refractivity contribution in [3.05, 3.63) is 34.6 Å². The van der Waals surface area contributed by atoms with Crippen LogP contribution in [0.1, 0.15) is 51.3 Å². The summed E-state index contributed by atoms with van der Waals surface area (Å²) in [6, 6.07) is 3.96. The molecule has 0 atom stereocenters. The van der Waals surface area contributed by atoms with E-state index in [1.807, 2.05) is 40.0 Å². The molecule has 4 rings (SSSR count). The lowest BCUT2D eigenvalue weighted by molar-refractivity contribution is 0.0283. The zero-order valence-electron chi connectivity index (χ0n) is 18.0. The summed E-state index contributed by atoms with van der Waals surface area (Å²) in [5, 5.41) is 12.3. The molecule has 1 aliphatic heterocycles. The van der Waals surface area contributed by atoms with Crippen LogP contribution in [0, 0.1) is 0 Å². The average molecular weight is 431 g/mol. The van der Waals surface area contributed by atoms with Gasteiger partial charge in [0.2, 0.25) is 0 Å². The Morgan fingerprint density at radius 3 is 2.70 bits per heavy atom. The number of carbonyl (C=O) groups is 1. The van der Waals surface area contributed by atoms with E-state index >= 15 is 0 Å². The molecule has 0 radical (unpaired) electrons. The van der Waals surface area contributed by atoms with Gasteiger partial charge < -0.3 is 15.0 Å². The number of nitrogens with zero attached hydrogens (tertiary/aromatic N) is 5. The maximum Gasteiger partial charge on any atom is 0.410 e. The number of ether oxygens (including phenoxy) is 1. The third-order valence-corrected chi connectivity index (χ3v) is 5.90. The first-order valence-electron chi connectivity index (χ1n) is 10.1. The summed E-state index contributed by atoms with van der Waals surface area (Å²) in [4.78, 5) is 18.4. The molecule has 2 aliphatic rings. The van der Waals surface area contributed by atoms with Crippen molar-refractivity contribution in [1.82, 2.24) is 25.2 Å². The third kappa shape index (κ3) is 3.53. The Kier molecular flexibility index (Phi) is 5.00. The summed E-state index contributed by atoms with van der Waals surface area (Å²) in [5.41, 5.74) is 2.87. The summed E-state index contributed by atoms with van der Waals surface area (Å²) in [5.74, 6) is 1.01. The van der Waals surface area contributed by atoms with Crippen LogP contribution in [-0.2, 0) is 16.7 Å². The zero-order valence-corrected chi connectivity index (χ0v) is 18.7. The van der Waals surface area contributed by atoms with Gasteiger partial charge in [0.15, 0.2) is 0 Å². The molecule has 0 saturated heterocycles. The van der Waals surface area contributed by atoms with Crippen LogP contribution < -0.4 is 5.32 Å². The molecule has 0 bridgehead atoms. The smallest absolute Gasteiger partial charge is 0.410 e. The maximum atomic E-state index is 12.2. The van der Waals surface area contributed by atoms with E-state index in [2.05, 4.69) is 15.6 Å². The molecule has 1 aliphatic carbocycles. The van der Waals surface area contributed by atoms with E-state index in [1.165, 1.54) is 16.9 Å². The maximum absolute atomic E-state index is 12.2. The van der Waals surface area contributed by atoms with Gasteiger partial charge in [0.25, 0.3) is 0 Å². The first kappa shape index (κ1) is 20.7. The van der Waals surface area contributed by atoms with Gasteiger partial charge in [-0.05, 0) is 51.3 Å². The first-order chi connectivity index (χ1) is 14.1. The van der Waals surface area contributed by atoms with E-state index in [-0.39, 0.29) is 12.0 Å². The Labute approximate surface area is 181 Å². The fourth-order valence-electron chi connectivity index (χ4n) is 4.02. The minimum Gasteiger partial charge on any atom is -0.444 e. The molecule has 8 nitrogen and oxygen atoms in total. The number of aromatic nitrogens is 3. The lowest BCUT2D eigenvalue weighted by atomic mass is 9.64. The van der Waals surface area contributed by atoms with Gasteiger partial charge in [-0.15, -0.1) is 5.10 Å². The topological polar surface area (TPSA) is 84.6 Å². The normalized spacial score (nSPS) is 16.7. The fourth-order valence-corrected chi connectivity index (χ4v) is 4.28. The second-order valence-corrected chi connectivity index (χ2v) is 9.36. The quantitative estimate of drug-likeness (QED) is 0.796. The second-order valence-electron chi connectivity index (χ2n) is 8.96. The molecule has 1 fully saturated rings. The fraction of sp³-hybridized carbons (Fsp3) is 0.524. The molecule has 1 N–H and O–H groups in total. The number of nitrogens with one attached hydrogen (secondary N) is 1. The summed E-state index contributed by atoms with van der Waals surface area (Å²) in [6.07, 6.45) is 4.72. The Morgan fingerprint density at radius 2 is 2.10 bits per heavy atom.